The maximum atomic E-state index is 12.6. The van der Waals surface area contributed by atoms with Crippen molar-refractivity contribution in [3.63, 3.8) is 0 Å². The fourth-order valence-electron chi connectivity index (χ4n) is 2.72. The zero-order valence-corrected chi connectivity index (χ0v) is 14.9. The second kappa shape index (κ2) is 7.31. The van der Waals surface area contributed by atoms with Gasteiger partial charge in [-0.3, -0.25) is 19.0 Å². The molecule has 28 heavy (non-hydrogen) atoms. The molecule has 0 aliphatic carbocycles. The Bertz CT molecular complexity index is 1150. The van der Waals surface area contributed by atoms with Crippen LogP contribution >= 0.6 is 0 Å². The number of carbonyl (C=O) groups excluding carboxylic acids is 2. The standard InChI is InChI=1S/C19H16N6O3/c1-12-10-15(24-28-12)22-18(26)16-14-7-3-5-9-25(14)17(23-16)19(27)21-11-13-6-2-4-8-20-13/h2-10H,11H2,1H3,(H,21,27)(H,22,24,26). The zero-order valence-electron chi connectivity index (χ0n) is 14.9. The first-order valence-electron chi connectivity index (χ1n) is 8.51. The summed E-state index contributed by atoms with van der Waals surface area (Å²) >= 11 is 0. The lowest BCUT2D eigenvalue weighted by Gasteiger charge is -2.03. The smallest absolute Gasteiger partial charge is 0.288 e. The van der Waals surface area contributed by atoms with Crippen LogP contribution in [0.5, 0.6) is 0 Å². The molecule has 2 amide bonds. The lowest BCUT2D eigenvalue weighted by atomic mass is 10.3. The number of imidazole rings is 1. The molecule has 0 bridgehead atoms. The van der Waals surface area contributed by atoms with Crippen molar-refractivity contribution < 1.29 is 14.1 Å². The van der Waals surface area contributed by atoms with Gasteiger partial charge in [0.2, 0.25) is 5.82 Å². The number of carbonyl (C=O) groups is 2. The van der Waals surface area contributed by atoms with Crippen molar-refractivity contribution in [2.75, 3.05) is 5.32 Å². The van der Waals surface area contributed by atoms with Gasteiger partial charge < -0.3 is 15.2 Å². The van der Waals surface area contributed by atoms with Gasteiger partial charge in [0.25, 0.3) is 11.8 Å². The number of anilines is 1. The topological polar surface area (TPSA) is 114 Å². The molecule has 4 rings (SSSR count). The summed E-state index contributed by atoms with van der Waals surface area (Å²) in [5, 5.41) is 9.13. The van der Waals surface area contributed by atoms with E-state index in [1.54, 1.807) is 54.0 Å². The van der Waals surface area contributed by atoms with Crippen LogP contribution in [0, 0.1) is 6.92 Å². The third kappa shape index (κ3) is 3.45. The quantitative estimate of drug-likeness (QED) is 0.552. The van der Waals surface area contributed by atoms with Crippen LogP contribution < -0.4 is 10.6 Å². The Hall–Kier alpha value is -4.01. The molecule has 0 spiro atoms. The lowest BCUT2D eigenvalue weighted by molar-refractivity contribution is 0.0939. The van der Waals surface area contributed by atoms with Crippen molar-refractivity contribution in [3.05, 3.63) is 77.8 Å². The average Bonchev–Trinajstić information content (AvgIpc) is 3.30. The molecule has 0 fully saturated rings. The maximum absolute atomic E-state index is 12.6. The molecule has 0 radical (unpaired) electrons. The Labute approximate surface area is 159 Å². The molecular weight excluding hydrogens is 360 g/mol. The van der Waals surface area contributed by atoms with Gasteiger partial charge in [-0.05, 0) is 31.2 Å². The van der Waals surface area contributed by atoms with Gasteiger partial charge >= 0.3 is 0 Å². The van der Waals surface area contributed by atoms with Crippen molar-refractivity contribution in [1.29, 1.82) is 0 Å². The monoisotopic (exact) mass is 376 g/mol. The number of hydrogen-bond donors (Lipinski definition) is 2. The van der Waals surface area contributed by atoms with Crippen molar-refractivity contribution in [2.24, 2.45) is 0 Å². The highest BCUT2D eigenvalue weighted by molar-refractivity contribution is 6.08. The van der Waals surface area contributed by atoms with E-state index in [0.29, 0.717) is 11.3 Å². The van der Waals surface area contributed by atoms with E-state index >= 15 is 0 Å². The van der Waals surface area contributed by atoms with Gasteiger partial charge in [0.15, 0.2) is 11.5 Å². The second-order valence-corrected chi connectivity index (χ2v) is 6.02. The SMILES string of the molecule is Cc1cc(NC(=O)c2nc(C(=O)NCc3ccccn3)n3ccccc23)no1. The Morgan fingerprint density at radius 1 is 1.14 bits per heavy atom. The summed E-state index contributed by atoms with van der Waals surface area (Å²) in [6, 6.07) is 12.3. The minimum absolute atomic E-state index is 0.105. The molecule has 0 atom stereocenters. The van der Waals surface area contributed by atoms with Crippen molar-refractivity contribution in [2.45, 2.75) is 13.5 Å². The van der Waals surface area contributed by atoms with E-state index in [2.05, 4.69) is 25.8 Å². The van der Waals surface area contributed by atoms with E-state index in [4.69, 9.17) is 4.52 Å². The summed E-state index contributed by atoms with van der Waals surface area (Å²) < 4.78 is 6.51. The molecule has 0 aromatic carbocycles. The van der Waals surface area contributed by atoms with E-state index in [0.717, 1.165) is 5.69 Å². The third-order valence-corrected chi connectivity index (χ3v) is 3.99. The van der Waals surface area contributed by atoms with E-state index in [9.17, 15) is 9.59 Å². The lowest BCUT2D eigenvalue weighted by Crippen LogP contribution is -2.25. The molecule has 0 unspecified atom stereocenters. The largest absolute Gasteiger partial charge is 0.360 e. The number of rotatable bonds is 5. The molecule has 9 nitrogen and oxygen atoms in total. The number of pyridine rings is 2. The highest BCUT2D eigenvalue weighted by Crippen LogP contribution is 2.16. The first-order valence-corrected chi connectivity index (χ1v) is 8.51. The highest BCUT2D eigenvalue weighted by atomic mass is 16.5. The fourth-order valence-corrected chi connectivity index (χ4v) is 2.72. The summed E-state index contributed by atoms with van der Waals surface area (Å²) in [6.45, 7) is 1.97. The highest BCUT2D eigenvalue weighted by Gasteiger charge is 2.22. The number of fused-ring (bicyclic) bond motifs is 1. The summed E-state index contributed by atoms with van der Waals surface area (Å²) in [4.78, 5) is 33.7. The van der Waals surface area contributed by atoms with Crippen LogP contribution in [0.25, 0.3) is 5.52 Å². The first-order chi connectivity index (χ1) is 13.6. The molecule has 0 saturated carbocycles. The summed E-state index contributed by atoms with van der Waals surface area (Å²) in [5.74, 6) is 0.0531. The Morgan fingerprint density at radius 2 is 2.00 bits per heavy atom. The van der Waals surface area contributed by atoms with E-state index in [-0.39, 0.29) is 23.9 Å². The Morgan fingerprint density at radius 3 is 2.75 bits per heavy atom. The molecule has 140 valence electrons. The number of hydrogen-bond acceptors (Lipinski definition) is 6. The van der Waals surface area contributed by atoms with Crippen LogP contribution in [0.3, 0.4) is 0 Å². The molecule has 4 heterocycles. The van der Waals surface area contributed by atoms with Gasteiger partial charge in [0, 0.05) is 18.5 Å². The molecule has 2 N–H and O–H groups in total. The molecule has 0 aliphatic heterocycles. The van der Waals surface area contributed by atoms with Crippen molar-refractivity contribution in [1.82, 2.24) is 24.8 Å². The van der Waals surface area contributed by atoms with Crippen molar-refractivity contribution >= 4 is 23.1 Å². The predicted molar refractivity (Wildman–Crippen MR) is 99.8 cm³/mol. The van der Waals surface area contributed by atoms with Gasteiger partial charge in [-0.25, -0.2) is 4.98 Å². The van der Waals surface area contributed by atoms with Crippen LogP contribution in [-0.4, -0.2) is 31.3 Å². The van der Waals surface area contributed by atoms with E-state index in [1.165, 1.54) is 0 Å². The molecular formula is C19H16N6O3. The zero-order chi connectivity index (χ0) is 19.5. The Kier molecular flexibility index (Phi) is 4.55. The predicted octanol–water partition coefficient (Wildman–Crippen LogP) is 2.21. The number of aromatic nitrogens is 4. The minimum atomic E-state index is -0.485. The summed E-state index contributed by atoms with van der Waals surface area (Å²) in [5.41, 5.74) is 1.34. The number of nitrogens with zero attached hydrogens (tertiary/aromatic N) is 4. The van der Waals surface area contributed by atoms with Crippen LogP contribution in [0.4, 0.5) is 5.82 Å². The van der Waals surface area contributed by atoms with Crippen LogP contribution in [0.1, 0.15) is 32.6 Å². The maximum Gasteiger partial charge on any atom is 0.288 e. The van der Waals surface area contributed by atoms with Crippen molar-refractivity contribution in [3.8, 4) is 0 Å². The van der Waals surface area contributed by atoms with Gasteiger partial charge in [-0.2, -0.15) is 0 Å². The van der Waals surface area contributed by atoms with Crippen LogP contribution in [0.15, 0.2) is 59.4 Å². The first kappa shape index (κ1) is 17.4. The van der Waals surface area contributed by atoms with Crippen LogP contribution in [0.2, 0.25) is 0 Å². The second-order valence-electron chi connectivity index (χ2n) is 6.02. The van der Waals surface area contributed by atoms with Gasteiger partial charge in [0.1, 0.15) is 5.76 Å². The summed E-state index contributed by atoms with van der Waals surface area (Å²) in [7, 11) is 0. The molecule has 0 saturated heterocycles. The molecule has 4 aromatic rings. The van der Waals surface area contributed by atoms with Gasteiger partial charge in [-0.1, -0.05) is 17.3 Å². The van der Waals surface area contributed by atoms with Crippen LogP contribution in [-0.2, 0) is 6.54 Å². The Balaban J connectivity index is 1.60. The number of aryl methyl sites for hydroxylation is 1. The fraction of sp³-hybridized carbons (Fsp3) is 0.105. The number of amides is 2. The normalized spacial score (nSPS) is 10.8. The molecule has 4 aromatic heterocycles. The third-order valence-electron chi connectivity index (χ3n) is 3.99. The minimum Gasteiger partial charge on any atom is -0.360 e. The molecule has 0 aliphatic rings. The molecule has 9 heteroatoms. The number of nitrogens with one attached hydrogen (secondary N) is 2. The summed E-state index contributed by atoms with van der Waals surface area (Å²) in [6.07, 6.45) is 3.33. The average molecular weight is 376 g/mol. The van der Waals surface area contributed by atoms with Gasteiger partial charge in [-0.15, -0.1) is 0 Å². The van der Waals surface area contributed by atoms with E-state index < -0.39 is 11.8 Å². The van der Waals surface area contributed by atoms with Gasteiger partial charge in [0.05, 0.1) is 17.8 Å². The van der Waals surface area contributed by atoms with E-state index in [1.807, 2.05) is 12.1 Å².